The van der Waals surface area contributed by atoms with Crippen LogP contribution in [0.4, 0.5) is 5.69 Å². The normalized spacial score (nSPS) is 19.5. The van der Waals surface area contributed by atoms with E-state index in [1.807, 2.05) is 7.11 Å². The Morgan fingerprint density at radius 3 is 2.94 bits per heavy atom. The standard InChI is InChI=1S/C15H24N2O/c1-4-16-10-13-9-12(2)5-6-15(13)17-8-7-14(11-17)18-3/h5-6,9,14,16H,4,7-8,10-11H2,1-3H3. The Kier molecular flexibility index (Phi) is 4.61. The second-order valence-electron chi connectivity index (χ2n) is 5.00. The van der Waals surface area contributed by atoms with E-state index in [2.05, 4.69) is 42.3 Å². The molecule has 1 aliphatic rings. The lowest BCUT2D eigenvalue weighted by atomic mass is 10.1. The summed E-state index contributed by atoms with van der Waals surface area (Å²) in [6.45, 7) is 8.36. The van der Waals surface area contributed by atoms with E-state index >= 15 is 0 Å². The van der Waals surface area contributed by atoms with Crippen molar-refractivity contribution in [1.29, 1.82) is 0 Å². The van der Waals surface area contributed by atoms with Crippen molar-refractivity contribution in [1.82, 2.24) is 5.32 Å². The molecule has 0 spiro atoms. The second-order valence-corrected chi connectivity index (χ2v) is 5.00. The van der Waals surface area contributed by atoms with Gasteiger partial charge in [-0.3, -0.25) is 0 Å². The SMILES string of the molecule is CCNCc1cc(C)ccc1N1CCC(OC)C1. The van der Waals surface area contributed by atoms with Crippen LogP contribution in [0.5, 0.6) is 0 Å². The first-order valence-electron chi connectivity index (χ1n) is 6.82. The number of hydrogen-bond donors (Lipinski definition) is 1. The zero-order chi connectivity index (χ0) is 13.0. The number of hydrogen-bond acceptors (Lipinski definition) is 3. The average molecular weight is 248 g/mol. The molecule has 1 heterocycles. The number of benzene rings is 1. The number of methoxy groups -OCH3 is 1. The molecule has 1 aliphatic heterocycles. The van der Waals surface area contributed by atoms with Gasteiger partial charge in [-0.1, -0.05) is 24.6 Å². The molecule has 0 saturated carbocycles. The topological polar surface area (TPSA) is 24.5 Å². The molecule has 3 heteroatoms. The van der Waals surface area contributed by atoms with Crippen LogP contribution in [-0.4, -0.2) is 32.8 Å². The minimum atomic E-state index is 0.387. The highest BCUT2D eigenvalue weighted by Gasteiger charge is 2.23. The van der Waals surface area contributed by atoms with Crippen LogP contribution < -0.4 is 10.2 Å². The van der Waals surface area contributed by atoms with E-state index in [1.165, 1.54) is 16.8 Å². The van der Waals surface area contributed by atoms with Gasteiger partial charge < -0.3 is 15.0 Å². The molecule has 0 amide bonds. The van der Waals surface area contributed by atoms with E-state index in [9.17, 15) is 0 Å². The van der Waals surface area contributed by atoms with Gasteiger partial charge in [0.2, 0.25) is 0 Å². The van der Waals surface area contributed by atoms with E-state index in [1.54, 1.807) is 0 Å². The number of ether oxygens (including phenoxy) is 1. The highest BCUT2D eigenvalue weighted by atomic mass is 16.5. The lowest BCUT2D eigenvalue weighted by molar-refractivity contribution is 0.121. The van der Waals surface area contributed by atoms with Crippen molar-refractivity contribution in [2.24, 2.45) is 0 Å². The number of anilines is 1. The van der Waals surface area contributed by atoms with Gasteiger partial charge in [0.1, 0.15) is 0 Å². The molecular formula is C15H24N2O. The molecule has 1 atom stereocenters. The molecule has 1 fully saturated rings. The Bertz CT molecular complexity index is 392. The van der Waals surface area contributed by atoms with Crippen molar-refractivity contribution in [3.8, 4) is 0 Å². The maximum Gasteiger partial charge on any atom is 0.0762 e. The maximum absolute atomic E-state index is 5.45. The minimum absolute atomic E-state index is 0.387. The summed E-state index contributed by atoms with van der Waals surface area (Å²) in [6.07, 6.45) is 1.52. The van der Waals surface area contributed by atoms with E-state index in [0.717, 1.165) is 32.6 Å². The lowest BCUT2D eigenvalue weighted by Gasteiger charge is -2.22. The molecule has 0 bridgehead atoms. The van der Waals surface area contributed by atoms with Gasteiger partial charge in [0.05, 0.1) is 6.10 Å². The summed E-state index contributed by atoms with van der Waals surface area (Å²) in [5.41, 5.74) is 4.09. The fourth-order valence-electron chi connectivity index (χ4n) is 2.56. The van der Waals surface area contributed by atoms with Crippen molar-refractivity contribution in [2.75, 3.05) is 31.6 Å². The molecule has 1 N–H and O–H groups in total. The summed E-state index contributed by atoms with van der Waals surface area (Å²) < 4.78 is 5.45. The van der Waals surface area contributed by atoms with Crippen LogP contribution >= 0.6 is 0 Å². The second kappa shape index (κ2) is 6.21. The minimum Gasteiger partial charge on any atom is -0.380 e. The van der Waals surface area contributed by atoms with Crippen LogP contribution in [0.2, 0.25) is 0 Å². The van der Waals surface area contributed by atoms with Crippen molar-refractivity contribution >= 4 is 5.69 Å². The molecular weight excluding hydrogens is 224 g/mol. The summed E-state index contributed by atoms with van der Waals surface area (Å²) in [5.74, 6) is 0. The largest absolute Gasteiger partial charge is 0.380 e. The Hall–Kier alpha value is -1.06. The maximum atomic E-state index is 5.45. The van der Waals surface area contributed by atoms with Crippen LogP contribution in [0.25, 0.3) is 0 Å². The van der Waals surface area contributed by atoms with E-state index in [0.29, 0.717) is 6.10 Å². The Labute approximate surface area is 110 Å². The van der Waals surface area contributed by atoms with Crippen molar-refractivity contribution < 1.29 is 4.74 Å². The fourth-order valence-corrected chi connectivity index (χ4v) is 2.56. The predicted molar refractivity (Wildman–Crippen MR) is 76.2 cm³/mol. The van der Waals surface area contributed by atoms with Crippen molar-refractivity contribution in [2.45, 2.75) is 32.9 Å². The van der Waals surface area contributed by atoms with Gasteiger partial charge in [-0.05, 0) is 31.5 Å². The first kappa shape index (κ1) is 13.4. The molecule has 0 aliphatic carbocycles. The number of rotatable bonds is 5. The molecule has 0 radical (unpaired) electrons. The van der Waals surface area contributed by atoms with Gasteiger partial charge >= 0.3 is 0 Å². The summed E-state index contributed by atoms with van der Waals surface area (Å²) >= 11 is 0. The molecule has 1 saturated heterocycles. The molecule has 3 nitrogen and oxygen atoms in total. The number of nitrogens with zero attached hydrogens (tertiary/aromatic N) is 1. The zero-order valence-corrected chi connectivity index (χ0v) is 11.7. The van der Waals surface area contributed by atoms with Crippen LogP contribution in [0.3, 0.4) is 0 Å². The van der Waals surface area contributed by atoms with E-state index in [4.69, 9.17) is 4.74 Å². The predicted octanol–water partition coefficient (Wildman–Crippen LogP) is 2.33. The molecule has 0 aromatic heterocycles. The molecule has 18 heavy (non-hydrogen) atoms. The third-order valence-electron chi connectivity index (χ3n) is 3.62. The highest BCUT2D eigenvalue weighted by molar-refractivity contribution is 5.55. The van der Waals surface area contributed by atoms with Crippen molar-refractivity contribution in [3.05, 3.63) is 29.3 Å². The average Bonchev–Trinajstić information content (AvgIpc) is 2.85. The number of aryl methyl sites for hydroxylation is 1. The van der Waals surface area contributed by atoms with Gasteiger partial charge in [0.25, 0.3) is 0 Å². The summed E-state index contributed by atoms with van der Waals surface area (Å²) in [4.78, 5) is 2.44. The van der Waals surface area contributed by atoms with Crippen LogP contribution in [0.1, 0.15) is 24.5 Å². The van der Waals surface area contributed by atoms with Crippen LogP contribution in [0, 0.1) is 6.92 Å². The number of nitrogens with one attached hydrogen (secondary N) is 1. The van der Waals surface area contributed by atoms with Gasteiger partial charge in [0.15, 0.2) is 0 Å². The third kappa shape index (κ3) is 3.03. The molecule has 1 aromatic rings. The Balaban J connectivity index is 2.16. The smallest absolute Gasteiger partial charge is 0.0762 e. The molecule has 2 rings (SSSR count). The van der Waals surface area contributed by atoms with E-state index in [-0.39, 0.29) is 0 Å². The third-order valence-corrected chi connectivity index (χ3v) is 3.62. The monoisotopic (exact) mass is 248 g/mol. The lowest BCUT2D eigenvalue weighted by Crippen LogP contribution is -2.24. The van der Waals surface area contributed by atoms with Crippen LogP contribution in [0.15, 0.2) is 18.2 Å². The van der Waals surface area contributed by atoms with Gasteiger partial charge in [-0.25, -0.2) is 0 Å². The van der Waals surface area contributed by atoms with Gasteiger partial charge in [-0.2, -0.15) is 0 Å². The summed E-state index contributed by atoms with van der Waals surface area (Å²) in [7, 11) is 1.81. The summed E-state index contributed by atoms with van der Waals surface area (Å²) in [5, 5.41) is 3.42. The molecule has 100 valence electrons. The first-order valence-corrected chi connectivity index (χ1v) is 6.82. The molecule has 1 unspecified atom stereocenters. The van der Waals surface area contributed by atoms with E-state index < -0.39 is 0 Å². The summed E-state index contributed by atoms with van der Waals surface area (Å²) in [6, 6.07) is 6.74. The van der Waals surface area contributed by atoms with Crippen LogP contribution in [-0.2, 0) is 11.3 Å². The zero-order valence-electron chi connectivity index (χ0n) is 11.7. The Morgan fingerprint density at radius 1 is 1.44 bits per heavy atom. The fraction of sp³-hybridized carbons (Fsp3) is 0.600. The van der Waals surface area contributed by atoms with Crippen molar-refractivity contribution in [3.63, 3.8) is 0 Å². The van der Waals surface area contributed by atoms with Gasteiger partial charge in [-0.15, -0.1) is 0 Å². The Morgan fingerprint density at radius 2 is 2.28 bits per heavy atom. The quantitative estimate of drug-likeness (QED) is 0.865. The first-order chi connectivity index (χ1) is 8.74. The highest BCUT2D eigenvalue weighted by Crippen LogP contribution is 2.26. The van der Waals surface area contributed by atoms with Gasteiger partial charge in [0, 0.05) is 32.4 Å². The molecule has 1 aromatic carbocycles.